The molecule has 0 spiro atoms. The molecule has 2 heterocycles. The normalized spacial score (nSPS) is 23.2. The Morgan fingerprint density at radius 2 is 1.95 bits per heavy atom. The average molecular weight is 274 g/mol. The van der Waals surface area contributed by atoms with Crippen molar-refractivity contribution in [3.05, 3.63) is 29.8 Å². The lowest BCUT2D eigenvalue weighted by Crippen LogP contribution is -2.36. The molecule has 4 heteroatoms. The fraction of sp³-hybridized carbons (Fsp3) is 0.562. The van der Waals surface area contributed by atoms with Crippen molar-refractivity contribution in [3.8, 4) is 5.75 Å². The second kappa shape index (κ2) is 6.27. The van der Waals surface area contributed by atoms with Gasteiger partial charge in [0.1, 0.15) is 11.9 Å². The molecule has 1 fully saturated rings. The zero-order valence-electron chi connectivity index (χ0n) is 12.0. The molecule has 0 amide bonds. The molecule has 0 aromatic heterocycles. The molecule has 108 valence electrons. The molecule has 2 aliphatic rings. The van der Waals surface area contributed by atoms with Gasteiger partial charge in [0.15, 0.2) is 0 Å². The number of rotatable bonds is 4. The Kier molecular flexibility index (Phi) is 4.21. The molecule has 1 aromatic carbocycles. The summed E-state index contributed by atoms with van der Waals surface area (Å²) in [6.45, 7) is 3.42. The van der Waals surface area contributed by atoms with Crippen LogP contribution in [0.3, 0.4) is 0 Å². The van der Waals surface area contributed by atoms with Crippen LogP contribution in [-0.4, -0.2) is 43.5 Å². The molecule has 0 N–H and O–H groups in total. The lowest BCUT2D eigenvalue weighted by molar-refractivity contribution is 0.0473. The highest BCUT2D eigenvalue weighted by Gasteiger charge is 2.25. The lowest BCUT2D eigenvalue weighted by atomic mass is 10.0. The molecular weight excluding hydrogens is 252 g/mol. The van der Waals surface area contributed by atoms with E-state index in [0.717, 1.165) is 30.0 Å². The number of oxime groups is 1. The molecule has 1 aromatic rings. The van der Waals surface area contributed by atoms with Crippen molar-refractivity contribution in [1.82, 2.24) is 4.90 Å². The molecule has 1 unspecified atom stereocenters. The first-order valence-corrected chi connectivity index (χ1v) is 7.44. The van der Waals surface area contributed by atoms with E-state index < -0.39 is 0 Å². The standard InChI is InChI=1S/C16H22N2O2/c1-19-14-7-5-13(6-8-14)16-11-15(20-17-16)12-18-9-3-2-4-10-18/h5-8,15H,2-4,9-12H2,1H3. The Bertz CT molecular complexity index is 464. The second-order valence-corrected chi connectivity index (χ2v) is 5.56. The Morgan fingerprint density at radius 3 is 2.65 bits per heavy atom. The summed E-state index contributed by atoms with van der Waals surface area (Å²) < 4.78 is 5.18. The highest BCUT2D eigenvalue weighted by atomic mass is 16.6. The Balaban J connectivity index is 1.55. The van der Waals surface area contributed by atoms with E-state index in [2.05, 4.69) is 10.1 Å². The van der Waals surface area contributed by atoms with Crippen LogP contribution in [0.4, 0.5) is 0 Å². The summed E-state index contributed by atoms with van der Waals surface area (Å²) in [5.74, 6) is 0.873. The maximum Gasteiger partial charge on any atom is 0.145 e. The molecule has 20 heavy (non-hydrogen) atoms. The van der Waals surface area contributed by atoms with Crippen LogP contribution in [0.5, 0.6) is 5.75 Å². The number of piperidine rings is 1. The smallest absolute Gasteiger partial charge is 0.145 e. The Morgan fingerprint density at radius 1 is 1.20 bits per heavy atom. The first-order valence-electron chi connectivity index (χ1n) is 7.44. The molecule has 0 saturated carbocycles. The topological polar surface area (TPSA) is 34.1 Å². The van der Waals surface area contributed by atoms with Gasteiger partial charge in [0.05, 0.1) is 12.8 Å². The fourth-order valence-corrected chi connectivity index (χ4v) is 2.91. The fourth-order valence-electron chi connectivity index (χ4n) is 2.91. The van der Waals surface area contributed by atoms with Crippen LogP contribution in [0.15, 0.2) is 29.4 Å². The van der Waals surface area contributed by atoms with Gasteiger partial charge in [0, 0.05) is 13.0 Å². The van der Waals surface area contributed by atoms with Crippen molar-refractivity contribution in [2.24, 2.45) is 5.16 Å². The van der Waals surface area contributed by atoms with E-state index in [-0.39, 0.29) is 6.10 Å². The number of benzene rings is 1. The van der Waals surface area contributed by atoms with Gasteiger partial charge >= 0.3 is 0 Å². The highest BCUT2D eigenvalue weighted by Crippen LogP contribution is 2.21. The van der Waals surface area contributed by atoms with Gasteiger partial charge in [-0.05, 0) is 55.8 Å². The van der Waals surface area contributed by atoms with Crippen LogP contribution < -0.4 is 4.74 Å². The number of likely N-dealkylation sites (tertiary alicyclic amines) is 1. The van der Waals surface area contributed by atoms with Crippen LogP contribution in [-0.2, 0) is 4.84 Å². The van der Waals surface area contributed by atoms with E-state index in [1.807, 2.05) is 24.3 Å². The van der Waals surface area contributed by atoms with Crippen LogP contribution in [0.1, 0.15) is 31.2 Å². The third-order valence-corrected chi connectivity index (χ3v) is 4.07. The average Bonchev–Trinajstić information content (AvgIpc) is 2.97. The van der Waals surface area contributed by atoms with Crippen molar-refractivity contribution < 1.29 is 9.57 Å². The predicted molar refractivity (Wildman–Crippen MR) is 79.3 cm³/mol. The SMILES string of the molecule is COc1ccc(C2=NOC(CN3CCCCC3)C2)cc1. The van der Waals surface area contributed by atoms with Crippen LogP contribution >= 0.6 is 0 Å². The van der Waals surface area contributed by atoms with Crippen LogP contribution in [0, 0.1) is 0 Å². The molecular formula is C16H22N2O2. The van der Waals surface area contributed by atoms with E-state index >= 15 is 0 Å². The molecule has 4 nitrogen and oxygen atoms in total. The molecule has 1 atom stereocenters. The maximum absolute atomic E-state index is 5.59. The monoisotopic (exact) mass is 274 g/mol. The van der Waals surface area contributed by atoms with E-state index in [4.69, 9.17) is 9.57 Å². The van der Waals surface area contributed by atoms with Crippen molar-refractivity contribution in [3.63, 3.8) is 0 Å². The van der Waals surface area contributed by atoms with Gasteiger partial charge in [0.2, 0.25) is 0 Å². The molecule has 1 saturated heterocycles. The van der Waals surface area contributed by atoms with Crippen molar-refractivity contribution in [1.29, 1.82) is 0 Å². The van der Waals surface area contributed by atoms with E-state index in [1.54, 1.807) is 7.11 Å². The van der Waals surface area contributed by atoms with Crippen molar-refractivity contribution >= 4 is 5.71 Å². The number of nitrogens with zero attached hydrogens (tertiary/aromatic N) is 2. The summed E-state index contributed by atoms with van der Waals surface area (Å²) in [7, 11) is 1.68. The first-order chi connectivity index (χ1) is 9.85. The van der Waals surface area contributed by atoms with Crippen LogP contribution in [0.2, 0.25) is 0 Å². The number of hydrogen-bond acceptors (Lipinski definition) is 4. The third kappa shape index (κ3) is 3.12. The lowest BCUT2D eigenvalue weighted by Gasteiger charge is -2.27. The van der Waals surface area contributed by atoms with Gasteiger partial charge in [-0.15, -0.1) is 0 Å². The van der Waals surface area contributed by atoms with Crippen molar-refractivity contribution in [2.45, 2.75) is 31.8 Å². The van der Waals surface area contributed by atoms with Gasteiger partial charge in [-0.3, -0.25) is 4.90 Å². The van der Waals surface area contributed by atoms with Crippen molar-refractivity contribution in [2.75, 3.05) is 26.7 Å². The van der Waals surface area contributed by atoms with Gasteiger partial charge in [-0.1, -0.05) is 11.6 Å². The predicted octanol–water partition coefficient (Wildman–Crippen LogP) is 2.67. The third-order valence-electron chi connectivity index (χ3n) is 4.07. The molecule has 3 rings (SSSR count). The van der Waals surface area contributed by atoms with E-state index in [0.29, 0.717) is 0 Å². The van der Waals surface area contributed by atoms with E-state index in [9.17, 15) is 0 Å². The van der Waals surface area contributed by atoms with Crippen LogP contribution in [0.25, 0.3) is 0 Å². The number of hydrogen-bond donors (Lipinski definition) is 0. The number of methoxy groups -OCH3 is 1. The zero-order chi connectivity index (χ0) is 13.8. The van der Waals surface area contributed by atoms with Gasteiger partial charge in [0.25, 0.3) is 0 Å². The summed E-state index contributed by atoms with van der Waals surface area (Å²) in [5.41, 5.74) is 2.18. The Hall–Kier alpha value is -1.55. The summed E-state index contributed by atoms with van der Waals surface area (Å²) >= 11 is 0. The van der Waals surface area contributed by atoms with Gasteiger partial charge in [-0.2, -0.15) is 0 Å². The summed E-state index contributed by atoms with van der Waals surface area (Å²) in [5, 5.41) is 4.26. The minimum Gasteiger partial charge on any atom is -0.497 e. The van der Waals surface area contributed by atoms with E-state index in [1.165, 1.54) is 32.4 Å². The summed E-state index contributed by atoms with van der Waals surface area (Å²) in [6.07, 6.45) is 5.13. The maximum atomic E-state index is 5.59. The zero-order valence-corrected chi connectivity index (χ0v) is 12.0. The summed E-state index contributed by atoms with van der Waals surface area (Å²) in [4.78, 5) is 8.09. The molecule has 0 radical (unpaired) electrons. The molecule has 2 aliphatic heterocycles. The van der Waals surface area contributed by atoms with Gasteiger partial charge < -0.3 is 9.57 Å². The first kappa shape index (κ1) is 13.4. The molecule has 0 aliphatic carbocycles. The minimum absolute atomic E-state index is 0.213. The Labute approximate surface area is 120 Å². The second-order valence-electron chi connectivity index (χ2n) is 5.56. The highest BCUT2D eigenvalue weighted by molar-refractivity contribution is 6.01. The summed E-state index contributed by atoms with van der Waals surface area (Å²) in [6, 6.07) is 8.03. The van der Waals surface area contributed by atoms with Gasteiger partial charge in [-0.25, -0.2) is 0 Å². The number of ether oxygens (including phenoxy) is 1. The quantitative estimate of drug-likeness (QED) is 0.846. The molecule has 0 bridgehead atoms. The largest absolute Gasteiger partial charge is 0.497 e. The minimum atomic E-state index is 0.213.